The van der Waals surface area contributed by atoms with Crippen molar-refractivity contribution in [3.05, 3.63) is 70.5 Å². The Labute approximate surface area is 204 Å². The number of benzene rings is 1. The maximum Gasteiger partial charge on any atom is 0.222 e. The number of hydrogen-bond donors (Lipinski definition) is 2. The summed E-state index contributed by atoms with van der Waals surface area (Å²) in [6.45, 7) is 11.0. The first-order valence-electron chi connectivity index (χ1n) is 11.5. The second kappa shape index (κ2) is 12.6. The maximum atomic E-state index is 14.1. The quantitative estimate of drug-likeness (QED) is 0.314. The second-order valence-corrected chi connectivity index (χ2v) is 8.14. The van der Waals surface area contributed by atoms with Crippen LogP contribution >= 0.6 is 0 Å². The molecule has 2 aliphatic heterocycles. The number of nitrogens with one attached hydrogen (secondary N) is 2. The molecule has 1 aromatic carbocycles. The van der Waals surface area contributed by atoms with Gasteiger partial charge in [0.2, 0.25) is 5.96 Å². The number of piperazine rings is 1. The molecule has 190 valence electrons. The van der Waals surface area contributed by atoms with E-state index in [1.54, 1.807) is 7.11 Å². The Kier molecular flexibility index (Phi) is 9.50. The number of guanidine groups is 1. The van der Waals surface area contributed by atoms with Crippen molar-refractivity contribution >= 4 is 12.2 Å². The van der Waals surface area contributed by atoms with E-state index < -0.39 is 23.6 Å². The third-order valence-corrected chi connectivity index (χ3v) is 5.73. The van der Waals surface area contributed by atoms with E-state index in [2.05, 4.69) is 32.1 Å². The van der Waals surface area contributed by atoms with Crippen LogP contribution in [0.5, 0.6) is 0 Å². The lowest BCUT2D eigenvalue weighted by atomic mass is 10.1. The number of ether oxygens (including phenoxy) is 2. The first kappa shape index (κ1) is 26.5. The predicted molar refractivity (Wildman–Crippen MR) is 131 cm³/mol. The van der Waals surface area contributed by atoms with Crippen LogP contribution in [0.25, 0.3) is 0 Å². The van der Waals surface area contributed by atoms with E-state index in [-0.39, 0.29) is 24.3 Å². The summed E-state index contributed by atoms with van der Waals surface area (Å²) in [7, 11) is 1.61. The standard InChI is InChI=1S/C25H32F3N5O2/c1-5-6-18(11-23(34-4)17(3)33-9-7-29-8-10-33)32-25-30-13-19(14-31-25)35-15-20-16(2)21(26)12-22(27)24(20)28/h6,11-13,19,29H,3,5,7-10,14-15H2,1-2,4H3,(H,31,32)/b18-6+,23-11+. The Balaban J connectivity index is 1.61. The molecule has 0 saturated carbocycles. The maximum absolute atomic E-state index is 14.1. The van der Waals surface area contributed by atoms with Crippen molar-refractivity contribution in [1.82, 2.24) is 15.5 Å². The fourth-order valence-corrected chi connectivity index (χ4v) is 3.67. The third-order valence-electron chi connectivity index (χ3n) is 5.73. The van der Waals surface area contributed by atoms with Crippen LogP contribution in [0.1, 0.15) is 24.5 Å². The van der Waals surface area contributed by atoms with Crippen molar-refractivity contribution in [2.75, 3.05) is 39.8 Å². The van der Waals surface area contributed by atoms with Crippen LogP contribution in [0.2, 0.25) is 0 Å². The minimum absolute atomic E-state index is 0.0139. The number of halogens is 3. The molecule has 1 aromatic rings. The summed E-state index contributed by atoms with van der Waals surface area (Å²) in [5.41, 5.74) is 1.42. The van der Waals surface area contributed by atoms with E-state index in [0.717, 1.165) is 44.0 Å². The fourth-order valence-electron chi connectivity index (χ4n) is 3.67. The van der Waals surface area contributed by atoms with Gasteiger partial charge >= 0.3 is 0 Å². The summed E-state index contributed by atoms with van der Waals surface area (Å²) in [6.07, 6.45) is 5.59. The molecular formula is C25H32F3N5O2. The summed E-state index contributed by atoms with van der Waals surface area (Å²) >= 11 is 0. The molecule has 0 aromatic heterocycles. The topological polar surface area (TPSA) is 70.5 Å². The molecule has 0 radical (unpaired) electrons. The van der Waals surface area contributed by atoms with Gasteiger partial charge in [0.25, 0.3) is 0 Å². The van der Waals surface area contributed by atoms with Gasteiger partial charge in [0.05, 0.1) is 26.0 Å². The van der Waals surface area contributed by atoms with Gasteiger partial charge < -0.3 is 25.0 Å². The van der Waals surface area contributed by atoms with Crippen molar-refractivity contribution < 1.29 is 22.6 Å². The molecule has 0 amide bonds. The van der Waals surface area contributed by atoms with E-state index >= 15 is 0 Å². The van der Waals surface area contributed by atoms with Gasteiger partial charge in [-0.15, -0.1) is 0 Å². The van der Waals surface area contributed by atoms with Gasteiger partial charge in [-0.25, -0.2) is 23.2 Å². The minimum Gasteiger partial charge on any atom is -0.495 e. The number of nitrogens with zero attached hydrogens (tertiary/aromatic N) is 3. The third kappa shape index (κ3) is 6.95. The summed E-state index contributed by atoms with van der Waals surface area (Å²) in [4.78, 5) is 10.8. The average Bonchev–Trinajstić information content (AvgIpc) is 2.87. The van der Waals surface area contributed by atoms with Crippen LogP contribution < -0.4 is 10.6 Å². The smallest absolute Gasteiger partial charge is 0.222 e. The van der Waals surface area contributed by atoms with Gasteiger partial charge in [-0.3, -0.25) is 0 Å². The van der Waals surface area contributed by atoms with Crippen molar-refractivity contribution in [3.63, 3.8) is 0 Å². The molecule has 0 bridgehead atoms. The molecule has 1 fully saturated rings. The van der Waals surface area contributed by atoms with Crippen LogP contribution in [0.15, 0.2) is 51.9 Å². The second-order valence-electron chi connectivity index (χ2n) is 8.14. The molecule has 0 spiro atoms. The molecule has 3 rings (SSSR count). The van der Waals surface area contributed by atoms with Gasteiger partial charge in [0.1, 0.15) is 17.7 Å². The molecule has 35 heavy (non-hydrogen) atoms. The number of rotatable bonds is 9. The van der Waals surface area contributed by atoms with Crippen LogP contribution in [-0.2, 0) is 16.1 Å². The first-order valence-corrected chi connectivity index (χ1v) is 11.5. The monoisotopic (exact) mass is 491 g/mol. The molecule has 7 nitrogen and oxygen atoms in total. The average molecular weight is 492 g/mol. The highest BCUT2D eigenvalue weighted by Crippen LogP contribution is 2.21. The SMILES string of the molecule is C=C(/C(=C\C(=C/CC)NC1=NCC(OCc2c(C)c(F)cc(F)c2F)C=N1)OC)N1CCNCC1. The van der Waals surface area contributed by atoms with Gasteiger partial charge in [-0.1, -0.05) is 19.6 Å². The Morgan fingerprint density at radius 3 is 2.66 bits per heavy atom. The summed E-state index contributed by atoms with van der Waals surface area (Å²) in [6, 6.07) is 0.530. The van der Waals surface area contributed by atoms with E-state index in [9.17, 15) is 13.2 Å². The van der Waals surface area contributed by atoms with E-state index in [0.29, 0.717) is 17.8 Å². The van der Waals surface area contributed by atoms with Gasteiger partial charge in [0, 0.05) is 55.8 Å². The Morgan fingerprint density at radius 1 is 1.29 bits per heavy atom. The van der Waals surface area contributed by atoms with Gasteiger partial charge in [-0.2, -0.15) is 0 Å². The van der Waals surface area contributed by atoms with Crippen molar-refractivity contribution in [3.8, 4) is 0 Å². The normalized spacial score (nSPS) is 19.0. The first-order chi connectivity index (χ1) is 16.8. The van der Waals surface area contributed by atoms with Crippen molar-refractivity contribution in [2.45, 2.75) is 33.0 Å². The van der Waals surface area contributed by atoms with E-state index in [4.69, 9.17) is 9.47 Å². The highest BCUT2D eigenvalue weighted by molar-refractivity contribution is 5.92. The lowest BCUT2D eigenvalue weighted by Gasteiger charge is -2.31. The van der Waals surface area contributed by atoms with Crippen molar-refractivity contribution in [2.24, 2.45) is 9.98 Å². The lowest BCUT2D eigenvalue weighted by molar-refractivity contribution is 0.0891. The molecule has 2 aliphatic rings. The van der Waals surface area contributed by atoms with Crippen LogP contribution in [0.3, 0.4) is 0 Å². The molecule has 2 heterocycles. The summed E-state index contributed by atoms with van der Waals surface area (Å²) in [5.74, 6) is -2.15. The minimum atomic E-state index is -1.24. The molecule has 1 unspecified atom stereocenters. The zero-order chi connectivity index (χ0) is 25.4. The molecule has 10 heteroatoms. The van der Waals surface area contributed by atoms with Crippen molar-refractivity contribution in [1.29, 1.82) is 0 Å². The molecular weight excluding hydrogens is 459 g/mol. The van der Waals surface area contributed by atoms with Crippen LogP contribution in [0, 0.1) is 24.4 Å². The molecule has 2 N–H and O–H groups in total. The largest absolute Gasteiger partial charge is 0.495 e. The lowest BCUT2D eigenvalue weighted by Crippen LogP contribution is -2.43. The fraction of sp³-hybridized carbons (Fsp3) is 0.440. The number of hydrogen-bond acceptors (Lipinski definition) is 7. The van der Waals surface area contributed by atoms with Gasteiger partial charge in [0.15, 0.2) is 11.6 Å². The zero-order valence-corrected chi connectivity index (χ0v) is 20.3. The summed E-state index contributed by atoms with van der Waals surface area (Å²) < 4.78 is 52.5. The Morgan fingerprint density at radius 2 is 2.03 bits per heavy atom. The summed E-state index contributed by atoms with van der Waals surface area (Å²) in [5, 5.41) is 6.49. The molecule has 1 atom stereocenters. The molecule has 0 aliphatic carbocycles. The zero-order valence-electron chi connectivity index (χ0n) is 20.3. The predicted octanol–water partition coefficient (Wildman–Crippen LogP) is 3.57. The highest BCUT2D eigenvalue weighted by atomic mass is 19.2. The van der Waals surface area contributed by atoms with Crippen LogP contribution in [-0.4, -0.2) is 63.0 Å². The van der Waals surface area contributed by atoms with Crippen LogP contribution in [0.4, 0.5) is 13.2 Å². The van der Waals surface area contributed by atoms with Gasteiger partial charge in [-0.05, 0) is 18.9 Å². The van der Waals surface area contributed by atoms with E-state index in [1.165, 1.54) is 13.1 Å². The number of aliphatic imine (C=N–C) groups is 2. The van der Waals surface area contributed by atoms with E-state index in [1.807, 2.05) is 19.1 Å². The number of methoxy groups -OCH3 is 1. The number of allylic oxidation sites excluding steroid dienone is 2. The molecule has 1 saturated heterocycles. The Hall–Kier alpha value is -3.11. The highest BCUT2D eigenvalue weighted by Gasteiger charge is 2.20. The Bertz CT molecular complexity index is 1020.